The van der Waals surface area contributed by atoms with Gasteiger partial charge in [0.25, 0.3) is 0 Å². The number of hydrogen-bond acceptors (Lipinski definition) is 2. The molecule has 6 heteroatoms. The van der Waals surface area contributed by atoms with E-state index < -0.39 is 0 Å². The number of carbonyl (C=O) groups is 2. The van der Waals surface area contributed by atoms with Crippen molar-refractivity contribution in [3.63, 3.8) is 0 Å². The van der Waals surface area contributed by atoms with Crippen LogP contribution in [0.4, 0.5) is 11.4 Å². The first-order valence-corrected chi connectivity index (χ1v) is 8.78. The van der Waals surface area contributed by atoms with Crippen LogP contribution in [0.25, 0.3) is 0 Å². The quantitative estimate of drug-likeness (QED) is 0.724. The van der Waals surface area contributed by atoms with E-state index in [0.29, 0.717) is 22.3 Å². The summed E-state index contributed by atoms with van der Waals surface area (Å²) < 4.78 is 0. The summed E-state index contributed by atoms with van der Waals surface area (Å²) in [5, 5.41) is 0.875. The van der Waals surface area contributed by atoms with Gasteiger partial charge in [-0.2, -0.15) is 0 Å². The van der Waals surface area contributed by atoms with Gasteiger partial charge in [0, 0.05) is 37.1 Å². The van der Waals surface area contributed by atoms with Crippen molar-refractivity contribution in [1.82, 2.24) is 0 Å². The zero-order chi connectivity index (χ0) is 18.4. The molecule has 0 fully saturated rings. The molecule has 2 rings (SSSR count). The van der Waals surface area contributed by atoms with E-state index in [9.17, 15) is 9.59 Å². The third kappa shape index (κ3) is 4.97. The van der Waals surface area contributed by atoms with Crippen LogP contribution >= 0.6 is 23.2 Å². The maximum atomic E-state index is 12.6. The van der Waals surface area contributed by atoms with Crippen LogP contribution in [0.15, 0.2) is 48.5 Å². The van der Waals surface area contributed by atoms with Crippen LogP contribution in [0.3, 0.4) is 0 Å². The van der Waals surface area contributed by atoms with E-state index in [1.54, 1.807) is 23.1 Å². The van der Waals surface area contributed by atoms with Crippen molar-refractivity contribution in [2.45, 2.75) is 20.3 Å². The molecule has 0 aliphatic rings. The third-order valence-corrected chi connectivity index (χ3v) is 4.35. The van der Waals surface area contributed by atoms with E-state index in [4.69, 9.17) is 23.2 Å². The summed E-state index contributed by atoms with van der Waals surface area (Å²) in [6.07, 6.45) is 0.196. The number of benzene rings is 2. The van der Waals surface area contributed by atoms with Gasteiger partial charge in [-0.05, 0) is 37.3 Å². The van der Waals surface area contributed by atoms with E-state index in [1.165, 1.54) is 11.8 Å². The SMILES string of the molecule is CCN(C(=O)CCN(C(C)=O)c1ccc(Cl)cc1Cl)c1ccccc1. The minimum Gasteiger partial charge on any atom is -0.313 e. The zero-order valence-corrected chi connectivity index (χ0v) is 15.7. The molecule has 0 saturated carbocycles. The highest BCUT2D eigenvalue weighted by Gasteiger charge is 2.19. The molecule has 0 unspecified atom stereocenters. The zero-order valence-electron chi connectivity index (χ0n) is 14.2. The molecule has 0 saturated heterocycles. The molecular formula is C19H20Cl2N2O2. The molecule has 2 amide bonds. The van der Waals surface area contributed by atoms with Gasteiger partial charge in [0.1, 0.15) is 0 Å². The van der Waals surface area contributed by atoms with Gasteiger partial charge in [-0.1, -0.05) is 41.4 Å². The fourth-order valence-electron chi connectivity index (χ4n) is 2.60. The molecule has 0 N–H and O–H groups in total. The highest BCUT2D eigenvalue weighted by Crippen LogP contribution is 2.29. The fraction of sp³-hybridized carbons (Fsp3) is 0.263. The van der Waals surface area contributed by atoms with E-state index in [2.05, 4.69) is 0 Å². The van der Waals surface area contributed by atoms with E-state index in [0.717, 1.165) is 5.69 Å². The Hall–Kier alpha value is -2.04. The number of rotatable bonds is 6. The molecule has 25 heavy (non-hydrogen) atoms. The van der Waals surface area contributed by atoms with Crippen molar-refractivity contribution in [2.24, 2.45) is 0 Å². The first-order valence-electron chi connectivity index (χ1n) is 8.02. The Balaban J connectivity index is 2.13. The van der Waals surface area contributed by atoms with Gasteiger partial charge in [0.05, 0.1) is 10.7 Å². The molecule has 2 aromatic rings. The second-order valence-corrected chi connectivity index (χ2v) is 6.33. The largest absolute Gasteiger partial charge is 0.313 e. The summed E-state index contributed by atoms with van der Waals surface area (Å²) in [5.41, 5.74) is 1.39. The molecular weight excluding hydrogens is 359 g/mol. The maximum Gasteiger partial charge on any atom is 0.228 e. The molecule has 0 aliphatic heterocycles. The predicted octanol–water partition coefficient (Wildman–Crippen LogP) is 4.79. The Labute approximate surface area is 157 Å². The number of amides is 2. The number of carbonyl (C=O) groups excluding carboxylic acids is 2. The monoisotopic (exact) mass is 378 g/mol. The van der Waals surface area contributed by atoms with Crippen molar-refractivity contribution < 1.29 is 9.59 Å². The van der Waals surface area contributed by atoms with Gasteiger partial charge in [0.2, 0.25) is 11.8 Å². The summed E-state index contributed by atoms with van der Waals surface area (Å²) in [5.74, 6) is -0.232. The highest BCUT2D eigenvalue weighted by molar-refractivity contribution is 6.36. The van der Waals surface area contributed by atoms with Gasteiger partial charge in [-0.25, -0.2) is 0 Å². The average Bonchev–Trinajstić information content (AvgIpc) is 2.58. The summed E-state index contributed by atoms with van der Waals surface area (Å²) in [6.45, 7) is 4.18. The number of nitrogens with zero attached hydrogens (tertiary/aromatic N) is 2. The molecule has 4 nitrogen and oxygen atoms in total. The number of para-hydroxylation sites is 1. The lowest BCUT2D eigenvalue weighted by molar-refractivity contribution is -0.118. The molecule has 0 bridgehead atoms. The van der Waals surface area contributed by atoms with Crippen LogP contribution in [0.1, 0.15) is 20.3 Å². The van der Waals surface area contributed by atoms with Crippen LogP contribution < -0.4 is 9.80 Å². The number of halogens is 2. The molecule has 0 spiro atoms. The van der Waals surface area contributed by atoms with Crippen molar-refractivity contribution in [1.29, 1.82) is 0 Å². The number of hydrogen-bond donors (Lipinski definition) is 0. The van der Waals surface area contributed by atoms with Gasteiger partial charge in [-0.3, -0.25) is 9.59 Å². The van der Waals surface area contributed by atoms with Gasteiger partial charge < -0.3 is 9.80 Å². The molecule has 2 aromatic carbocycles. The predicted molar refractivity (Wildman–Crippen MR) is 104 cm³/mol. The van der Waals surface area contributed by atoms with Gasteiger partial charge >= 0.3 is 0 Å². The molecule has 0 atom stereocenters. The Kier molecular flexibility index (Phi) is 6.85. The van der Waals surface area contributed by atoms with Gasteiger partial charge in [0.15, 0.2) is 0 Å². The van der Waals surface area contributed by atoms with Crippen molar-refractivity contribution in [2.75, 3.05) is 22.9 Å². The molecule has 0 aliphatic carbocycles. The van der Waals surface area contributed by atoms with Crippen LogP contribution in [-0.4, -0.2) is 24.9 Å². The summed E-state index contributed by atoms with van der Waals surface area (Å²) in [6, 6.07) is 14.4. The average molecular weight is 379 g/mol. The lowest BCUT2D eigenvalue weighted by Crippen LogP contribution is -2.36. The molecule has 132 valence electrons. The lowest BCUT2D eigenvalue weighted by atomic mass is 10.2. The Morgan fingerprint density at radius 3 is 2.24 bits per heavy atom. The van der Waals surface area contributed by atoms with Crippen LogP contribution in [-0.2, 0) is 9.59 Å². The molecule has 0 heterocycles. The Morgan fingerprint density at radius 1 is 1.00 bits per heavy atom. The van der Waals surface area contributed by atoms with Crippen LogP contribution in [0.5, 0.6) is 0 Å². The second kappa shape index (κ2) is 8.88. The fourth-order valence-corrected chi connectivity index (χ4v) is 3.11. The first-order chi connectivity index (χ1) is 11.9. The standard InChI is InChI=1S/C19H20Cl2N2O2/c1-3-22(16-7-5-4-6-8-16)19(25)11-12-23(14(2)24)18-10-9-15(20)13-17(18)21/h4-10,13H,3,11-12H2,1-2H3. The third-order valence-electron chi connectivity index (χ3n) is 3.82. The minimum absolute atomic E-state index is 0.0509. The Bertz CT molecular complexity index is 750. The van der Waals surface area contributed by atoms with E-state index >= 15 is 0 Å². The smallest absolute Gasteiger partial charge is 0.228 e. The summed E-state index contributed by atoms with van der Waals surface area (Å²) in [7, 11) is 0. The van der Waals surface area contributed by atoms with Crippen molar-refractivity contribution in [3.05, 3.63) is 58.6 Å². The topological polar surface area (TPSA) is 40.6 Å². The normalized spacial score (nSPS) is 10.4. The van der Waals surface area contributed by atoms with Gasteiger partial charge in [-0.15, -0.1) is 0 Å². The number of anilines is 2. The first kappa shape index (κ1) is 19.3. The van der Waals surface area contributed by atoms with E-state index in [-0.39, 0.29) is 24.8 Å². The van der Waals surface area contributed by atoms with Crippen LogP contribution in [0, 0.1) is 0 Å². The van der Waals surface area contributed by atoms with Crippen molar-refractivity contribution >= 4 is 46.4 Å². The minimum atomic E-state index is -0.181. The Morgan fingerprint density at radius 2 is 1.68 bits per heavy atom. The summed E-state index contributed by atoms with van der Waals surface area (Å²) in [4.78, 5) is 27.8. The summed E-state index contributed by atoms with van der Waals surface area (Å²) >= 11 is 12.1. The second-order valence-electron chi connectivity index (χ2n) is 5.49. The van der Waals surface area contributed by atoms with Crippen LogP contribution in [0.2, 0.25) is 10.0 Å². The molecule has 0 radical (unpaired) electrons. The lowest BCUT2D eigenvalue weighted by Gasteiger charge is -2.25. The maximum absolute atomic E-state index is 12.6. The van der Waals surface area contributed by atoms with E-state index in [1.807, 2.05) is 37.3 Å². The highest BCUT2D eigenvalue weighted by atomic mass is 35.5. The van der Waals surface area contributed by atoms with Crippen molar-refractivity contribution in [3.8, 4) is 0 Å². The molecule has 0 aromatic heterocycles.